The fraction of sp³-hybridized carbons (Fsp3) is 0.786. The van der Waals surface area contributed by atoms with Gasteiger partial charge in [-0.25, -0.2) is 0 Å². The summed E-state index contributed by atoms with van der Waals surface area (Å²) in [7, 11) is 0. The fourth-order valence-corrected chi connectivity index (χ4v) is 2.82. The van der Waals surface area contributed by atoms with E-state index in [9.17, 15) is 0 Å². The summed E-state index contributed by atoms with van der Waals surface area (Å²) in [4.78, 5) is 17.5. The fourth-order valence-electron chi connectivity index (χ4n) is 2.82. The Morgan fingerprint density at radius 3 is 2.60 bits per heavy atom. The standard InChI is InChI=1S/C14H26N6/c1-4-7-11-8-9-20(10-11)14-17-12(15)16-13(18-14)19(5-2)6-3/h11H,4-10H2,1-3H3,(H2,15,16,17,18). The molecule has 1 aliphatic heterocycles. The van der Waals surface area contributed by atoms with Crippen molar-refractivity contribution in [3.05, 3.63) is 0 Å². The molecule has 1 atom stereocenters. The second-order valence-corrected chi connectivity index (χ2v) is 5.36. The highest BCUT2D eigenvalue weighted by molar-refractivity contribution is 5.44. The van der Waals surface area contributed by atoms with Crippen LogP contribution in [0.2, 0.25) is 0 Å². The van der Waals surface area contributed by atoms with Gasteiger partial charge in [-0.3, -0.25) is 0 Å². The lowest BCUT2D eigenvalue weighted by molar-refractivity contribution is 0.529. The Hall–Kier alpha value is -1.59. The topological polar surface area (TPSA) is 71.2 Å². The first kappa shape index (κ1) is 14.8. The largest absolute Gasteiger partial charge is 0.368 e. The van der Waals surface area contributed by atoms with Crippen molar-refractivity contribution in [3.8, 4) is 0 Å². The lowest BCUT2D eigenvalue weighted by Crippen LogP contribution is -2.28. The van der Waals surface area contributed by atoms with Gasteiger partial charge in [-0.2, -0.15) is 15.0 Å². The number of rotatable bonds is 6. The molecule has 0 amide bonds. The van der Waals surface area contributed by atoms with Crippen LogP contribution < -0.4 is 15.5 Å². The summed E-state index contributed by atoms with van der Waals surface area (Å²) in [6.07, 6.45) is 3.74. The monoisotopic (exact) mass is 278 g/mol. The van der Waals surface area contributed by atoms with Gasteiger partial charge in [-0.1, -0.05) is 13.3 Å². The average Bonchev–Trinajstić information content (AvgIpc) is 2.89. The highest BCUT2D eigenvalue weighted by Crippen LogP contribution is 2.25. The molecule has 0 spiro atoms. The number of nitrogen functional groups attached to an aromatic ring is 1. The molecule has 1 aliphatic rings. The molecule has 0 saturated carbocycles. The molecule has 6 heteroatoms. The number of anilines is 3. The first-order chi connectivity index (χ1) is 9.67. The van der Waals surface area contributed by atoms with Gasteiger partial charge in [-0.15, -0.1) is 0 Å². The zero-order valence-corrected chi connectivity index (χ0v) is 12.8. The molecule has 0 aromatic carbocycles. The summed E-state index contributed by atoms with van der Waals surface area (Å²) < 4.78 is 0. The maximum Gasteiger partial charge on any atom is 0.231 e. The Balaban J connectivity index is 2.16. The van der Waals surface area contributed by atoms with Crippen LogP contribution >= 0.6 is 0 Å². The lowest BCUT2D eigenvalue weighted by Gasteiger charge is -2.21. The molecule has 20 heavy (non-hydrogen) atoms. The molecule has 2 N–H and O–H groups in total. The molecule has 1 aromatic heterocycles. The zero-order valence-electron chi connectivity index (χ0n) is 12.8. The highest BCUT2D eigenvalue weighted by Gasteiger charge is 2.24. The number of nitrogens with zero attached hydrogens (tertiary/aromatic N) is 5. The van der Waals surface area contributed by atoms with Crippen LogP contribution in [0.15, 0.2) is 0 Å². The summed E-state index contributed by atoms with van der Waals surface area (Å²) >= 11 is 0. The first-order valence-electron chi connectivity index (χ1n) is 7.69. The van der Waals surface area contributed by atoms with Crippen LogP contribution in [0, 0.1) is 5.92 Å². The SMILES string of the molecule is CCCC1CCN(c2nc(N)nc(N(CC)CC)n2)C1. The van der Waals surface area contributed by atoms with E-state index < -0.39 is 0 Å². The summed E-state index contributed by atoms with van der Waals surface area (Å²) in [5.74, 6) is 2.50. The molecule has 0 radical (unpaired) electrons. The maximum atomic E-state index is 5.85. The van der Waals surface area contributed by atoms with Crippen LogP contribution in [0.1, 0.15) is 40.0 Å². The molecule has 1 unspecified atom stereocenters. The minimum absolute atomic E-state index is 0.316. The molecular weight excluding hydrogens is 252 g/mol. The van der Waals surface area contributed by atoms with E-state index in [2.05, 4.69) is 45.5 Å². The van der Waals surface area contributed by atoms with E-state index in [-0.39, 0.29) is 0 Å². The number of aromatic nitrogens is 3. The van der Waals surface area contributed by atoms with Crippen molar-refractivity contribution in [3.63, 3.8) is 0 Å². The third kappa shape index (κ3) is 3.29. The molecule has 0 aliphatic carbocycles. The van der Waals surface area contributed by atoms with Crippen molar-refractivity contribution in [2.75, 3.05) is 41.7 Å². The van der Waals surface area contributed by atoms with Crippen molar-refractivity contribution in [1.82, 2.24) is 15.0 Å². The lowest BCUT2D eigenvalue weighted by atomic mass is 10.0. The summed E-state index contributed by atoms with van der Waals surface area (Å²) in [5.41, 5.74) is 5.85. The van der Waals surface area contributed by atoms with Gasteiger partial charge in [0.05, 0.1) is 0 Å². The molecule has 2 heterocycles. The summed E-state index contributed by atoms with van der Waals surface area (Å²) in [6.45, 7) is 10.2. The molecule has 0 bridgehead atoms. The number of nitrogens with two attached hydrogens (primary N) is 1. The molecule has 112 valence electrons. The predicted molar refractivity (Wildman–Crippen MR) is 83.0 cm³/mol. The van der Waals surface area contributed by atoms with E-state index in [1.807, 2.05) is 0 Å². The first-order valence-corrected chi connectivity index (χ1v) is 7.69. The molecule has 6 nitrogen and oxygen atoms in total. The Kier molecular flexibility index (Phi) is 4.98. The molecule has 1 aromatic rings. The van der Waals surface area contributed by atoms with Gasteiger partial charge in [0, 0.05) is 26.2 Å². The van der Waals surface area contributed by atoms with Crippen LogP contribution in [0.25, 0.3) is 0 Å². The Labute approximate surface area is 121 Å². The van der Waals surface area contributed by atoms with E-state index in [1.54, 1.807) is 0 Å². The van der Waals surface area contributed by atoms with Gasteiger partial charge >= 0.3 is 0 Å². The quantitative estimate of drug-likeness (QED) is 0.857. The highest BCUT2D eigenvalue weighted by atomic mass is 15.4. The van der Waals surface area contributed by atoms with Crippen molar-refractivity contribution in [1.29, 1.82) is 0 Å². The van der Waals surface area contributed by atoms with E-state index in [0.717, 1.165) is 38.0 Å². The second-order valence-electron chi connectivity index (χ2n) is 5.36. The Morgan fingerprint density at radius 1 is 1.20 bits per heavy atom. The Morgan fingerprint density at radius 2 is 1.95 bits per heavy atom. The third-order valence-electron chi connectivity index (χ3n) is 3.94. The molecule has 2 rings (SSSR count). The van der Waals surface area contributed by atoms with Crippen LogP contribution in [0.5, 0.6) is 0 Å². The van der Waals surface area contributed by atoms with Crippen LogP contribution in [0.3, 0.4) is 0 Å². The van der Waals surface area contributed by atoms with E-state index in [1.165, 1.54) is 19.3 Å². The summed E-state index contributed by atoms with van der Waals surface area (Å²) in [6, 6.07) is 0. The van der Waals surface area contributed by atoms with Crippen LogP contribution in [0.4, 0.5) is 17.8 Å². The second kappa shape index (κ2) is 6.72. The summed E-state index contributed by atoms with van der Waals surface area (Å²) in [5, 5.41) is 0. The van der Waals surface area contributed by atoms with E-state index in [4.69, 9.17) is 5.73 Å². The van der Waals surface area contributed by atoms with Gasteiger partial charge in [0.1, 0.15) is 0 Å². The number of hydrogen-bond acceptors (Lipinski definition) is 6. The van der Waals surface area contributed by atoms with Gasteiger partial charge in [-0.05, 0) is 32.6 Å². The normalized spacial score (nSPS) is 18.6. The van der Waals surface area contributed by atoms with Crippen molar-refractivity contribution in [2.24, 2.45) is 5.92 Å². The minimum Gasteiger partial charge on any atom is -0.368 e. The van der Waals surface area contributed by atoms with Crippen molar-refractivity contribution < 1.29 is 0 Å². The van der Waals surface area contributed by atoms with E-state index in [0.29, 0.717) is 11.9 Å². The van der Waals surface area contributed by atoms with Gasteiger partial charge in [0.15, 0.2) is 0 Å². The minimum atomic E-state index is 0.316. The average molecular weight is 278 g/mol. The van der Waals surface area contributed by atoms with Gasteiger partial charge in [0.2, 0.25) is 17.8 Å². The number of hydrogen-bond donors (Lipinski definition) is 1. The molecule has 1 fully saturated rings. The Bertz CT molecular complexity index is 432. The van der Waals surface area contributed by atoms with Crippen LogP contribution in [-0.2, 0) is 0 Å². The molecular formula is C14H26N6. The van der Waals surface area contributed by atoms with Crippen LogP contribution in [-0.4, -0.2) is 41.1 Å². The van der Waals surface area contributed by atoms with E-state index >= 15 is 0 Å². The van der Waals surface area contributed by atoms with Crippen molar-refractivity contribution >= 4 is 17.8 Å². The third-order valence-corrected chi connectivity index (χ3v) is 3.94. The van der Waals surface area contributed by atoms with Gasteiger partial charge < -0.3 is 15.5 Å². The predicted octanol–water partition coefficient (Wildman–Crippen LogP) is 1.93. The van der Waals surface area contributed by atoms with Gasteiger partial charge in [0.25, 0.3) is 0 Å². The smallest absolute Gasteiger partial charge is 0.231 e. The maximum absolute atomic E-state index is 5.85. The molecule has 1 saturated heterocycles. The zero-order chi connectivity index (χ0) is 14.5. The van der Waals surface area contributed by atoms with Crippen molar-refractivity contribution in [2.45, 2.75) is 40.0 Å².